The molecule has 0 radical (unpaired) electrons. The van der Waals surface area contributed by atoms with Crippen LogP contribution in [-0.4, -0.2) is 47.8 Å². The Kier molecular flexibility index (Phi) is 4.93. The van der Waals surface area contributed by atoms with Gasteiger partial charge in [0.15, 0.2) is 24.7 Å². The minimum absolute atomic E-state index is 0.109. The van der Waals surface area contributed by atoms with Crippen molar-refractivity contribution in [2.75, 3.05) is 26.2 Å². The highest BCUT2D eigenvalue weighted by Gasteiger charge is 2.26. The second kappa shape index (κ2) is 7.29. The number of aryl methyl sites for hydroxylation is 2. The molecule has 3 rings (SSSR count). The average Bonchev–Trinajstić information content (AvgIpc) is 3.15. The number of furan rings is 1. The zero-order valence-electron chi connectivity index (χ0n) is 13.9. The van der Waals surface area contributed by atoms with Crippen LogP contribution in [0.25, 0.3) is 0 Å². The zero-order valence-corrected chi connectivity index (χ0v) is 13.9. The molecule has 1 saturated heterocycles. The predicted octanol–water partition coefficient (Wildman–Crippen LogP) is 1.25. The van der Waals surface area contributed by atoms with E-state index in [0.29, 0.717) is 44.9 Å². The topological polar surface area (TPSA) is 57.6 Å². The Hall–Kier alpha value is -2.63. The zero-order chi connectivity index (χ0) is 16.9. The third-order valence-corrected chi connectivity index (χ3v) is 4.29. The largest absolute Gasteiger partial charge is 0.459 e. The lowest BCUT2D eigenvalue weighted by atomic mass is 10.2. The Balaban J connectivity index is 1.46. The quantitative estimate of drug-likeness (QED) is 0.794. The molecule has 2 aromatic rings. The van der Waals surface area contributed by atoms with Crippen molar-refractivity contribution in [3.8, 4) is 0 Å². The van der Waals surface area contributed by atoms with Gasteiger partial charge in [-0.15, -0.1) is 0 Å². The van der Waals surface area contributed by atoms with Crippen LogP contribution in [0, 0.1) is 6.92 Å². The molecule has 6 heteroatoms. The van der Waals surface area contributed by atoms with Gasteiger partial charge in [-0.1, -0.05) is 0 Å². The highest BCUT2D eigenvalue weighted by molar-refractivity contribution is 5.91. The third kappa shape index (κ3) is 3.82. The summed E-state index contributed by atoms with van der Waals surface area (Å²) in [4.78, 5) is 28.1. The molecule has 0 unspecified atom stereocenters. The maximum atomic E-state index is 12.3. The first-order valence-corrected chi connectivity index (χ1v) is 8.20. The summed E-state index contributed by atoms with van der Waals surface area (Å²) in [5.74, 6) is 0.376. The molecule has 0 N–H and O–H groups in total. The molecular weight excluding hydrogens is 306 g/mol. The van der Waals surface area contributed by atoms with E-state index in [4.69, 9.17) is 4.42 Å². The number of hydrogen-bond acceptors (Lipinski definition) is 3. The maximum absolute atomic E-state index is 12.3. The van der Waals surface area contributed by atoms with E-state index >= 15 is 0 Å². The van der Waals surface area contributed by atoms with Gasteiger partial charge in [0.05, 0.1) is 12.7 Å². The molecule has 0 spiro atoms. The molecule has 126 valence electrons. The SMILES string of the molecule is Cc1cc[n+](CCC(=O)N2CCN(C(=O)c3ccco3)CC2)cc1. The van der Waals surface area contributed by atoms with E-state index in [9.17, 15) is 9.59 Å². The van der Waals surface area contributed by atoms with Crippen LogP contribution in [0.3, 0.4) is 0 Å². The van der Waals surface area contributed by atoms with Crippen molar-refractivity contribution in [3.05, 3.63) is 54.2 Å². The lowest BCUT2D eigenvalue weighted by molar-refractivity contribution is -0.696. The molecule has 0 saturated carbocycles. The molecule has 6 nitrogen and oxygen atoms in total. The normalized spacial score (nSPS) is 14.7. The average molecular weight is 328 g/mol. The fourth-order valence-electron chi connectivity index (χ4n) is 2.78. The molecule has 1 aliphatic heterocycles. The van der Waals surface area contributed by atoms with Gasteiger partial charge in [-0.05, 0) is 24.6 Å². The summed E-state index contributed by atoms with van der Waals surface area (Å²) in [6.45, 7) is 4.95. The molecule has 1 fully saturated rings. The monoisotopic (exact) mass is 328 g/mol. The van der Waals surface area contributed by atoms with Gasteiger partial charge in [-0.3, -0.25) is 9.59 Å². The molecular formula is C18H22N3O3+. The molecule has 3 heterocycles. The van der Waals surface area contributed by atoms with E-state index in [1.807, 2.05) is 40.9 Å². The molecule has 0 aliphatic carbocycles. The summed E-state index contributed by atoms with van der Waals surface area (Å²) < 4.78 is 7.16. The summed E-state index contributed by atoms with van der Waals surface area (Å²) in [5, 5.41) is 0. The van der Waals surface area contributed by atoms with Crippen LogP contribution in [0.2, 0.25) is 0 Å². The molecule has 1 aliphatic rings. The highest BCUT2D eigenvalue weighted by atomic mass is 16.3. The van der Waals surface area contributed by atoms with Gasteiger partial charge in [0.2, 0.25) is 5.91 Å². The Labute approximate surface area is 141 Å². The second-order valence-electron chi connectivity index (χ2n) is 6.01. The lowest BCUT2D eigenvalue weighted by Crippen LogP contribution is -2.51. The summed E-state index contributed by atoms with van der Waals surface area (Å²) in [5.41, 5.74) is 1.20. The van der Waals surface area contributed by atoms with Gasteiger partial charge in [0.1, 0.15) is 0 Å². The number of aromatic nitrogens is 1. The van der Waals surface area contributed by atoms with Crippen LogP contribution in [0.15, 0.2) is 47.3 Å². The molecule has 0 atom stereocenters. The maximum Gasteiger partial charge on any atom is 0.289 e. The summed E-state index contributed by atoms with van der Waals surface area (Å²) in [6, 6.07) is 7.43. The number of nitrogens with zero attached hydrogens (tertiary/aromatic N) is 3. The van der Waals surface area contributed by atoms with E-state index in [1.165, 1.54) is 11.8 Å². The first-order valence-electron chi connectivity index (χ1n) is 8.20. The molecule has 0 bridgehead atoms. The predicted molar refractivity (Wildman–Crippen MR) is 87.2 cm³/mol. The van der Waals surface area contributed by atoms with Crippen molar-refractivity contribution in [2.24, 2.45) is 0 Å². The van der Waals surface area contributed by atoms with Gasteiger partial charge in [0.25, 0.3) is 5.91 Å². The van der Waals surface area contributed by atoms with E-state index in [1.54, 1.807) is 17.0 Å². The number of rotatable bonds is 4. The fraction of sp³-hybridized carbons (Fsp3) is 0.389. The van der Waals surface area contributed by atoms with Crippen molar-refractivity contribution in [1.82, 2.24) is 9.80 Å². The van der Waals surface area contributed by atoms with Crippen LogP contribution in [0.4, 0.5) is 0 Å². The Morgan fingerprint density at radius 1 is 1.08 bits per heavy atom. The van der Waals surface area contributed by atoms with Gasteiger partial charge in [-0.25, -0.2) is 4.57 Å². The first kappa shape index (κ1) is 16.2. The fourth-order valence-corrected chi connectivity index (χ4v) is 2.78. The standard InChI is InChI=1S/C18H22N3O3/c1-15-4-7-19(8-5-15)9-6-17(22)20-10-12-21(13-11-20)18(23)16-3-2-14-24-16/h2-5,7-8,14H,6,9-13H2,1H3/q+1. The minimum atomic E-state index is -0.109. The van der Waals surface area contributed by atoms with Crippen molar-refractivity contribution in [1.29, 1.82) is 0 Å². The van der Waals surface area contributed by atoms with E-state index < -0.39 is 0 Å². The van der Waals surface area contributed by atoms with Crippen LogP contribution >= 0.6 is 0 Å². The van der Waals surface area contributed by atoms with E-state index in [-0.39, 0.29) is 11.8 Å². The van der Waals surface area contributed by atoms with E-state index in [2.05, 4.69) is 0 Å². The Morgan fingerprint density at radius 3 is 2.38 bits per heavy atom. The van der Waals surface area contributed by atoms with Gasteiger partial charge < -0.3 is 14.2 Å². The van der Waals surface area contributed by atoms with E-state index in [0.717, 1.165) is 0 Å². The lowest BCUT2D eigenvalue weighted by Gasteiger charge is -2.34. The Morgan fingerprint density at radius 2 is 1.75 bits per heavy atom. The van der Waals surface area contributed by atoms with Crippen molar-refractivity contribution in [2.45, 2.75) is 19.9 Å². The second-order valence-corrected chi connectivity index (χ2v) is 6.01. The molecule has 2 aromatic heterocycles. The molecule has 24 heavy (non-hydrogen) atoms. The number of carbonyl (C=O) groups is 2. The third-order valence-electron chi connectivity index (χ3n) is 4.29. The van der Waals surface area contributed by atoms with Crippen molar-refractivity contribution >= 4 is 11.8 Å². The van der Waals surface area contributed by atoms with Crippen LogP contribution in [0.5, 0.6) is 0 Å². The number of carbonyl (C=O) groups excluding carboxylic acids is 2. The summed E-state index contributed by atoms with van der Waals surface area (Å²) in [6.07, 6.45) is 5.95. The number of hydrogen-bond donors (Lipinski definition) is 0. The van der Waals surface area contributed by atoms with Crippen LogP contribution in [-0.2, 0) is 11.3 Å². The summed E-state index contributed by atoms with van der Waals surface area (Å²) >= 11 is 0. The summed E-state index contributed by atoms with van der Waals surface area (Å²) in [7, 11) is 0. The van der Waals surface area contributed by atoms with Crippen LogP contribution in [0.1, 0.15) is 22.5 Å². The van der Waals surface area contributed by atoms with Gasteiger partial charge in [-0.2, -0.15) is 0 Å². The molecule has 0 aromatic carbocycles. The smallest absolute Gasteiger partial charge is 0.289 e. The number of amides is 2. The van der Waals surface area contributed by atoms with Gasteiger partial charge >= 0.3 is 0 Å². The Bertz CT molecular complexity index is 687. The minimum Gasteiger partial charge on any atom is -0.459 e. The number of piperazine rings is 1. The van der Waals surface area contributed by atoms with Crippen molar-refractivity contribution in [3.63, 3.8) is 0 Å². The number of pyridine rings is 1. The van der Waals surface area contributed by atoms with Crippen LogP contribution < -0.4 is 4.57 Å². The van der Waals surface area contributed by atoms with Gasteiger partial charge in [0, 0.05) is 38.3 Å². The van der Waals surface area contributed by atoms with Crippen molar-refractivity contribution < 1.29 is 18.6 Å². The highest BCUT2D eigenvalue weighted by Crippen LogP contribution is 2.10. The molecule has 2 amide bonds. The first-order chi connectivity index (χ1) is 11.6.